The summed E-state index contributed by atoms with van der Waals surface area (Å²) in [5.41, 5.74) is 2.14. The van der Waals surface area contributed by atoms with E-state index in [9.17, 15) is 4.79 Å². The maximum Gasteiger partial charge on any atom is 0.268 e. The number of amides is 1. The second-order valence-electron chi connectivity index (χ2n) is 3.29. The summed E-state index contributed by atoms with van der Waals surface area (Å²) in [6.07, 6.45) is 0.455. The maximum absolute atomic E-state index is 10.9. The minimum Gasteiger partial charge on any atom is -0.312 e. The Morgan fingerprint density at radius 2 is 2.33 bits per heavy atom. The Balaban J connectivity index is 2.31. The highest BCUT2D eigenvalue weighted by molar-refractivity contribution is 5.80. The quantitative estimate of drug-likeness (QED) is 0.578. The van der Waals surface area contributed by atoms with Gasteiger partial charge in [-0.3, -0.25) is 4.79 Å². The van der Waals surface area contributed by atoms with E-state index in [-0.39, 0.29) is 5.91 Å². The van der Waals surface area contributed by atoms with Crippen LogP contribution in [0.5, 0.6) is 0 Å². The highest BCUT2D eigenvalue weighted by Crippen LogP contribution is 2.25. The first-order valence-corrected chi connectivity index (χ1v) is 4.14. The lowest BCUT2D eigenvalue weighted by Crippen LogP contribution is -2.32. The number of carbonyl (C=O) groups excluding carboxylic acids is 1. The van der Waals surface area contributed by atoms with Gasteiger partial charge in [0.1, 0.15) is 0 Å². The third-order valence-corrected chi connectivity index (χ3v) is 2.25. The Morgan fingerprint density at radius 1 is 1.50 bits per heavy atom. The van der Waals surface area contributed by atoms with Crippen LogP contribution in [0.2, 0.25) is 0 Å². The molecule has 1 unspecified atom stereocenters. The molecule has 0 bridgehead atoms. The van der Waals surface area contributed by atoms with Gasteiger partial charge in [-0.2, -0.15) is 5.11 Å². The monoisotopic (exact) mass is 165 g/mol. The van der Waals surface area contributed by atoms with Crippen molar-refractivity contribution in [3.8, 4) is 0 Å². The van der Waals surface area contributed by atoms with Crippen LogP contribution in [0.15, 0.2) is 21.5 Å². The van der Waals surface area contributed by atoms with Crippen LogP contribution in [0.3, 0.4) is 0 Å². The molecule has 2 heterocycles. The molecule has 1 atom stereocenters. The van der Waals surface area contributed by atoms with Crippen molar-refractivity contribution in [2.24, 2.45) is 16.1 Å². The van der Waals surface area contributed by atoms with Gasteiger partial charge in [0.2, 0.25) is 0 Å². The van der Waals surface area contributed by atoms with E-state index in [1.54, 1.807) is 0 Å². The molecule has 2 aliphatic rings. The van der Waals surface area contributed by atoms with Gasteiger partial charge in [0.15, 0.2) is 0 Å². The lowest BCUT2D eigenvalue weighted by molar-refractivity contribution is -0.118. The molecule has 0 aromatic carbocycles. The fraction of sp³-hybridized carbons (Fsp3) is 0.625. The Labute approximate surface area is 70.8 Å². The molecule has 4 heteroatoms. The van der Waals surface area contributed by atoms with Crippen molar-refractivity contribution in [2.75, 3.05) is 13.1 Å². The van der Waals surface area contributed by atoms with Crippen molar-refractivity contribution >= 4 is 5.91 Å². The number of azo groups is 1. The number of hydrogen-bond acceptors (Lipinski definition) is 3. The number of nitrogens with zero attached hydrogens (tertiary/aromatic N) is 2. The highest BCUT2D eigenvalue weighted by Gasteiger charge is 2.23. The number of rotatable bonds is 0. The zero-order valence-corrected chi connectivity index (χ0v) is 7.00. The normalized spacial score (nSPS) is 29.1. The molecule has 2 rings (SSSR count). The predicted octanol–water partition coefficient (Wildman–Crippen LogP) is 0.862. The second kappa shape index (κ2) is 2.79. The average molecular weight is 165 g/mol. The van der Waals surface area contributed by atoms with Gasteiger partial charge in [-0.25, -0.2) is 0 Å². The molecule has 0 fully saturated rings. The van der Waals surface area contributed by atoms with Crippen LogP contribution in [0.4, 0.5) is 0 Å². The lowest BCUT2D eigenvalue weighted by Gasteiger charge is -2.24. The first kappa shape index (κ1) is 7.61. The summed E-state index contributed by atoms with van der Waals surface area (Å²) in [5, 5.41) is 10.7. The van der Waals surface area contributed by atoms with Crippen LogP contribution in [0, 0.1) is 5.92 Å². The molecular weight excluding hydrogens is 154 g/mol. The molecule has 1 N–H and O–H groups in total. The summed E-state index contributed by atoms with van der Waals surface area (Å²) in [5.74, 6) is 0.273. The smallest absolute Gasteiger partial charge is 0.268 e. The highest BCUT2D eigenvalue weighted by atomic mass is 16.1. The second-order valence-corrected chi connectivity index (χ2v) is 3.29. The zero-order chi connectivity index (χ0) is 8.55. The lowest BCUT2D eigenvalue weighted by atomic mass is 9.96. The largest absolute Gasteiger partial charge is 0.312 e. The summed E-state index contributed by atoms with van der Waals surface area (Å²) in [6.45, 7) is 3.83. The van der Waals surface area contributed by atoms with E-state index in [2.05, 4.69) is 22.5 Å². The molecular formula is C8H11N3O. The van der Waals surface area contributed by atoms with Gasteiger partial charge < -0.3 is 5.32 Å². The Morgan fingerprint density at radius 3 is 3.17 bits per heavy atom. The van der Waals surface area contributed by atoms with E-state index in [1.165, 1.54) is 0 Å². The Kier molecular flexibility index (Phi) is 1.77. The van der Waals surface area contributed by atoms with E-state index < -0.39 is 0 Å². The topological polar surface area (TPSA) is 53.8 Å². The Bertz CT molecular complexity index is 280. The van der Waals surface area contributed by atoms with Crippen molar-refractivity contribution in [1.29, 1.82) is 0 Å². The van der Waals surface area contributed by atoms with E-state index in [0.29, 0.717) is 12.3 Å². The van der Waals surface area contributed by atoms with Crippen LogP contribution in [-0.2, 0) is 4.79 Å². The van der Waals surface area contributed by atoms with Crippen LogP contribution in [0.25, 0.3) is 0 Å². The minimum absolute atomic E-state index is 0.121. The molecule has 0 spiro atoms. The van der Waals surface area contributed by atoms with Crippen molar-refractivity contribution in [3.63, 3.8) is 0 Å². The first-order valence-electron chi connectivity index (χ1n) is 4.14. The molecule has 0 aromatic heterocycles. The Hall–Kier alpha value is -1.03. The van der Waals surface area contributed by atoms with Crippen molar-refractivity contribution in [3.05, 3.63) is 11.3 Å². The fourth-order valence-corrected chi connectivity index (χ4v) is 1.63. The van der Waals surface area contributed by atoms with E-state index in [4.69, 9.17) is 0 Å². The summed E-state index contributed by atoms with van der Waals surface area (Å²) < 4.78 is 0. The number of hydrogen-bond donors (Lipinski definition) is 1. The molecule has 4 nitrogen and oxygen atoms in total. The molecule has 12 heavy (non-hydrogen) atoms. The number of nitrogens with one attached hydrogen (secondary N) is 1. The van der Waals surface area contributed by atoms with Crippen molar-refractivity contribution < 1.29 is 4.79 Å². The molecule has 2 aliphatic heterocycles. The third-order valence-electron chi connectivity index (χ3n) is 2.25. The van der Waals surface area contributed by atoms with Crippen LogP contribution < -0.4 is 5.32 Å². The van der Waals surface area contributed by atoms with Crippen molar-refractivity contribution in [1.82, 2.24) is 5.32 Å². The number of carbonyl (C=O) groups is 1. The van der Waals surface area contributed by atoms with Gasteiger partial charge in [-0.05, 0) is 5.57 Å². The molecule has 0 radical (unpaired) electrons. The summed E-state index contributed by atoms with van der Waals surface area (Å²) in [6, 6.07) is 0. The zero-order valence-electron chi connectivity index (χ0n) is 7.00. The average Bonchev–Trinajstić information content (AvgIpc) is 2.04. The van der Waals surface area contributed by atoms with Crippen LogP contribution >= 0.6 is 0 Å². The van der Waals surface area contributed by atoms with E-state index in [0.717, 1.165) is 24.4 Å². The van der Waals surface area contributed by atoms with Crippen molar-refractivity contribution in [2.45, 2.75) is 13.3 Å². The molecule has 0 saturated carbocycles. The standard InChI is InChI=1S/C8H11N3O/c1-5-3-9-4-6-2-7(12)10-11-8(5)6/h5,9H,2-4H2,1H3. The van der Waals surface area contributed by atoms with Gasteiger partial charge in [0.05, 0.1) is 12.1 Å². The minimum atomic E-state index is -0.121. The van der Waals surface area contributed by atoms with Gasteiger partial charge in [-0.15, -0.1) is 5.11 Å². The van der Waals surface area contributed by atoms with E-state index in [1.807, 2.05) is 0 Å². The van der Waals surface area contributed by atoms with Crippen LogP contribution in [0.1, 0.15) is 13.3 Å². The van der Waals surface area contributed by atoms with Gasteiger partial charge >= 0.3 is 0 Å². The molecule has 0 saturated heterocycles. The van der Waals surface area contributed by atoms with Gasteiger partial charge in [0.25, 0.3) is 5.91 Å². The van der Waals surface area contributed by atoms with Gasteiger partial charge in [0, 0.05) is 19.0 Å². The third kappa shape index (κ3) is 1.18. The van der Waals surface area contributed by atoms with Gasteiger partial charge in [-0.1, -0.05) is 6.92 Å². The molecule has 0 aromatic rings. The molecule has 1 amide bonds. The fourth-order valence-electron chi connectivity index (χ4n) is 1.63. The summed E-state index contributed by atoms with van der Waals surface area (Å²) >= 11 is 0. The summed E-state index contributed by atoms with van der Waals surface area (Å²) in [7, 11) is 0. The summed E-state index contributed by atoms with van der Waals surface area (Å²) in [4.78, 5) is 10.9. The molecule has 0 aliphatic carbocycles. The van der Waals surface area contributed by atoms with Crippen LogP contribution in [-0.4, -0.2) is 19.0 Å². The van der Waals surface area contributed by atoms with E-state index >= 15 is 0 Å². The SMILES string of the molecule is CC1CNCC2=C1N=NC(=O)C2. The predicted molar refractivity (Wildman–Crippen MR) is 43.5 cm³/mol. The molecule has 64 valence electrons. The maximum atomic E-state index is 10.9. The first-order chi connectivity index (χ1) is 5.77.